The highest BCUT2D eigenvalue weighted by atomic mass is 32.2. The van der Waals surface area contributed by atoms with Crippen LogP contribution in [0.25, 0.3) is 0 Å². The summed E-state index contributed by atoms with van der Waals surface area (Å²) < 4.78 is 58.7. The van der Waals surface area contributed by atoms with Gasteiger partial charge in [0.1, 0.15) is 10.6 Å². The van der Waals surface area contributed by atoms with Crippen LogP contribution >= 0.6 is 0 Å². The van der Waals surface area contributed by atoms with E-state index in [1.807, 2.05) is 0 Å². The predicted octanol–water partition coefficient (Wildman–Crippen LogP) is 3.60. The van der Waals surface area contributed by atoms with Crippen LogP contribution in [-0.4, -0.2) is 31.0 Å². The van der Waals surface area contributed by atoms with Gasteiger partial charge in [0.25, 0.3) is 0 Å². The minimum absolute atomic E-state index is 0.152. The zero-order chi connectivity index (χ0) is 18.9. The van der Waals surface area contributed by atoms with E-state index >= 15 is 0 Å². The van der Waals surface area contributed by atoms with Crippen LogP contribution in [0.4, 0.5) is 8.78 Å². The van der Waals surface area contributed by atoms with E-state index in [0.717, 1.165) is 30.9 Å². The molecule has 2 heterocycles. The van der Waals surface area contributed by atoms with Crippen molar-refractivity contribution in [2.24, 2.45) is 5.92 Å². The molecule has 0 radical (unpaired) electrons. The van der Waals surface area contributed by atoms with Gasteiger partial charge in [0, 0.05) is 13.1 Å². The van der Waals surface area contributed by atoms with Crippen molar-refractivity contribution < 1.29 is 21.7 Å². The van der Waals surface area contributed by atoms with Crippen LogP contribution in [0.3, 0.4) is 0 Å². The molecule has 1 atom stereocenters. The van der Waals surface area contributed by atoms with E-state index in [9.17, 15) is 17.2 Å². The Labute approximate surface area is 152 Å². The fourth-order valence-corrected chi connectivity index (χ4v) is 5.36. The van der Waals surface area contributed by atoms with Crippen LogP contribution in [0.15, 0.2) is 27.6 Å². The van der Waals surface area contributed by atoms with Gasteiger partial charge in [-0.3, -0.25) is 0 Å². The molecule has 2 aromatic rings. The quantitative estimate of drug-likeness (QED) is 0.790. The maximum Gasteiger partial charge on any atom is 0.248 e. The minimum Gasteiger partial charge on any atom is -0.360 e. The van der Waals surface area contributed by atoms with Crippen molar-refractivity contribution in [3.8, 4) is 0 Å². The first-order valence-corrected chi connectivity index (χ1v) is 10.1. The van der Waals surface area contributed by atoms with E-state index in [0.29, 0.717) is 31.0 Å². The molecule has 1 aliphatic rings. The lowest BCUT2D eigenvalue weighted by molar-refractivity contribution is 0.255. The molecule has 1 aromatic carbocycles. The second-order valence-electron chi connectivity index (χ2n) is 6.81. The first-order valence-electron chi connectivity index (χ1n) is 8.66. The molecule has 8 heteroatoms. The van der Waals surface area contributed by atoms with Crippen molar-refractivity contribution in [3.05, 3.63) is 46.9 Å². The van der Waals surface area contributed by atoms with Crippen molar-refractivity contribution >= 4 is 10.0 Å². The largest absolute Gasteiger partial charge is 0.360 e. The molecule has 1 saturated heterocycles. The number of rotatable bonds is 5. The summed E-state index contributed by atoms with van der Waals surface area (Å²) in [5.74, 6) is -1.24. The van der Waals surface area contributed by atoms with Crippen LogP contribution in [-0.2, 0) is 16.4 Å². The molecule has 1 aliphatic heterocycles. The van der Waals surface area contributed by atoms with E-state index < -0.39 is 21.7 Å². The molecule has 142 valence electrons. The Kier molecular flexibility index (Phi) is 5.43. The first-order chi connectivity index (χ1) is 12.3. The molecule has 0 bridgehead atoms. The lowest BCUT2D eigenvalue weighted by Gasteiger charge is -2.31. The summed E-state index contributed by atoms with van der Waals surface area (Å²) in [5, 5.41) is 3.74. The Balaban J connectivity index is 1.68. The van der Waals surface area contributed by atoms with Crippen LogP contribution in [0.2, 0.25) is 0 Å². The number of sulfonamides is 1. The third-order valence-electron chi connectivity index (χ3n) is 4.87. The lowest BCUT2D eigenvalue weighted by Crippen LogP contribution is -2.40. The second-order valence-corrected chi connectivity index (χ2v) is 8.69. The third-order valence-corrected chi connectivity index (χ3v) is 6.98. The zero-order valence-electron chi connectivity index (χ0n) is 14.8. The molecule has 0 spiro atoms. The smallest absolute Gasteiger partial charge is 0.248 e. The van der Waals surface area contributed by atoms with Crippen molar-refractivity contribution in [1.82, 2.24) is 9.46 Å². The summed E-state index contributed by atoms with van der Waals surface area (Å²) >= 11 is 0. The number of aromatic nitrogens is 1. The SMILES string of the molecule is Cc1noc(C)c1S(=O)(=O)N1CCC[C@@H](CCc2ccc(F)c(F)c2)C1. The van der Waals surface area contributed by atoms with Crippen molar-refractivity contribution in [2.45, 2.75) is 44.4 Å². The molecule has 5 nitrogen and oxygen atoms in total. The Bertz CT molecular complexity index is 876. The van der Waals surface area contributed by atoms with Gasteiger partial charge in [0.15, 0.2) is 17.4 Å². The molecule has 3 rings (SSSR count). The molecule has 0 N–H and O–H groups in total. The maximum atomic E-state index is 13.3. The van der Waals surface area contributed by atoms with Crippen molar-refractivity contribution in [3.63, 3.8) is 0 Å². The van der Waals surface area contributed by atoms with E-state index in [4.69, 9.17) is 4.52 Å². The van der Waals surface area contributed by atoms with Crippen LogP contribution in [0.5, 0.6) is 0 Å². The Morgan fingerprint density at radius 2 is 2.04 bits per heavy atom. The Hall–Kier alpha value is -1.80. The summed E-state index contributed by atoms with van der Waals surface area (Å²) in [7, 11) is -3.64. The van der Waals surface area contributed by atoms with Gasteiger partial charge >= 0.3 is 0 Å². The number of benzene rings is 1. The van der Waals surface area contributed by atoms with E-state index in [1.54, 1.807) is 19.9 Å². The van der Waals surface area contributed by atoms with E-state index in [2.05, 4.69) is 5.16 Å². The number of aryl methyl sites for hydroxylation is 3. The number of piperidine rings is 1. The van der Waals surface area contributed by atoms with E-state index in [1.165, 1.54) is 10.4 Å². The number of nitrogens with zero attached hydrogens (tertiary/aromatic N) is 2. The number of hydrogen-bond donors (Lipinski definition) is 0. The first kappa shape index (κ1) is 19.0. The summed E-state index contributed by atoms with van der Waals surface area (Å²) in [5.41, 5.74) is 1.08. The van der Waals surface area contributed by atoms with Crippen molar-refractivity contribution in [2.75, 3.05) is 13.1 Å². The Morgan fingerprint density at radius 1 is 1.27 bits per heavy atom. The van der Waals surface area contributed by atoms with Gasteiger partial charge < -0.3 is 4.52 Å². The highest BCUT2D eigenvalue weighted by molar-refractivity contribution is 7.89. The molecule has 26 heavy (non-hydrogen) atoms. The van der Waals surface area contributed by atoms with Gasteiger partial charge in [-0.15, -0.1) is 0 Å². The average molecular weight is 384 g/mol. The molecule has 0 unspecified atom stereocenters. The number of hydrogen-bond acceptors (Lipinski definition) is 4. The molecule has 0 amide bonds. The fraction of sp³-hybridized carbons (Fsp3) is 0.500. The molecule has 0 aliphatic carbocycles. The van der Waals surface area contributed by atoms with Gasteiger partial charge in [0.2, 0.25) is 10.0 Å². The van der Waals surface area contributed by atoms with E-state index in [-0.39, 0.29) is 10.8 Å². The molecule has 1 fully saturated rings. The molecular formula is C18H22F2N2O3S. The van der Waals surface area contributed by atoms with Crippen LogP contribution in [0.1, 0.15) is 36.3 Å². The van der Waals surface area contributed by atoms with Gasteiger partial charge in [-0.1, -0.05) is 11.2 Å². The standard InChI is InChI=1S/C18H22F2N2O3S/c1-12-18(13(2)25-21-12)26(23,24)22-9-3-4-15(11-22)6-5-14-7-8-16(19)17(20)10-14/h7-8,10,15H,3-6,9,11H2,1-2H3/t15-/m0/s1. The fourth-order valence-electron chi connectivity index (χ4n) is 3.52. The molecule has 1 aromatic heterocycles. The predicted molar refractivity (Wildman–Crippen MR) is 92.1 cm³/mol. The van der Waals surface area contributed by atoms with Gasteiger partial charge in [-0.05, 0) is 63.1 Å². The van der Waals surface area contributed by atoms with Crippen LogP contribution in [0, 0.1) is 31.4 Å². The summed E-state index contributed by atoms with van der Waals surface area (Å²) in [6, 6.07) is 3.90. The third kappa shape index (κ3) is 3.81. The second kappa shape index (κ2) is 7.44. The minimum atomic E-state index is -3.64. The highest BCUT2D eigenvalue weighted by Crippen LogP contribution is 2.29. The zero-order valence-corrected chi connectivity index (χ0v) is 15.7. The molecular weight excluding hydrogens is 362 g/mol. The highest BCUT2D eigenvalue weighted by Gasteiger charge is 2.34. The number of halogens is 2. The molecule has 0 saturated carbocycles. The van der Waals surface area contributed by atoms with Crippen LogP contribution < -0.4 is 0 Å². The normalized spacial score (nSPS) is 19.0. The average Bonchev–Trinajstić information content (AvgIpc) is 2.95. The maximum absolute atomic E-state index is 13.3. The van der Waals surface area contributed by atoms with Gasteiger partial charge in [-0.25, -0.2) is 17.2 Å². The van der Waals surface area contributed by atoms with Gasteiger partial charge in [-0.2, -0.15) is 4.31 Å². The monoisotopic (exact) mass is 384 g/mol. The topological polar surface area (TPSA) is 63.4 Å². The summed E-state index contributed by atoms with van der Waals surface area (Å²) in [6.07, 6.45) is 2.99. The summed E-state index contributed by atoms with van der Waals surface area (Å²) in [6.45, 7) is 4.09. The van der Waals surface area contributed by atoms with Crippen molar-refractivity contribution in [1.29, 1.82) is 0 Å². The Morgan fingerprint density at radius 3 is 2.69 bits per heavy atom. The van der Waals surface area contributed by atoms with Gasteiger partial charge in [0.05, 0.1) is 0 Å². The lowest BCUT2D eigenvalue weighted by atomic mass is 9.93. The summed E-state index contributed by atoms with van der Waals surface area (Å²) in [4.78, 5) is 0.152.